The van der Waals surface area contributed by atoms with Crippen LogP contribution in [0.2, 0.25) is 0 Å². The summed E-state index contributed by atoms with van der Waals surface area (Å²) in [6.45, 7) is 0. The van der Waals surface area contributed by atoms with Crippen molar-refractivity contribution in [3.63, 3.8) is 0 Å². The van der Waals surface area contributed by atoms with Gasteiger partial charge in [-0.3, -0.25) is 0 Å². The fraction of sp³-hybridized carbons (Fsp3) is 0.636. The monoisotopic (exact) mass is 260 g/mol. The van der Waals surface area contributed by atoms with Gasteiger partial charge >= 0.3 is 6.18 Å². The molecule has 0 saturated heterocycles. The van der Waals surface area contributed by atoms with Crippen LogP contribution in [0.25, 0.3) is 0 Å². The molecule has 1 aliphatic carbocycles. The Morgan fingerprint density at radius 2 is 2.00 bits per heavy atom. The van der Waals surface area contributed by atoms with E-state index < -0.39 is 11.9 Å². The van der Waals surface area contributed by atoms with Crippen molar-refractivity contribution in [2.75, 3.05) is 5.32 Å². The first-order chi connectivity index (χ1) is 8.47. The molecule has 1 heterocycles. The van der Waals surface area contributed by atoms with Crippen molar-refractivity contribution in [2.24, 2.45) is 5.73 Å². The molecule has 3 N–H and O–H groups in total. The average molecular weight is 260 g/mol. The van der Waals surface area contributed by atoms with Gasteiger partial charge in [0.1, 0.15) is 5.69 Å². The predicted octanol–water partition coefficient (Wildman–Crippen LogP) is 2.18. The van der Waals surface area contributed by atoms with Gasteiger partial charge in [0.2, 0.25) is 5.95 Å². The molecule has 18 heavy (non-hydrogen) atoms. The van der Waals surface area contributed by atoms with Crippen LogP contribution >= 0.6 is 0 Å². The summed E-state index contributed by atoms with van der Waals surface area (Å²) in [5.74, 6) is -0.00725. The first kappa shape index (κ1) is 13.1. The number of nitrogens with two attached hydrogens (primary N) is 1. The molecule has 0 amide bonds. The number of alkyl halides is 3. The van der Waals surface area contributed by atoms with Gasteiger partial charge in [-0.25, -0.2) is 9.97 Å². The Morgan fingerprint density at radius 3 is 2.67 bits per heavy atom. The van der Waals surface area contributed by atoms with Crippen molar-refractivity contribution in [3.05, 3.63) is 18.0 Å². The van der Waals surface area contributed by atoms with Crippen LogP contribution in [0.3, 0.4) is 0 Å². The number of rotatable bonds is 2. The summed E-state index contributed by atoms with van der Waals surface area (Å²) in [7, 11) is 0. The third-order valence-corrected chi connectivity index (χ3v) is 3.08. The van der Waals surface area contributed by atoms with E-state index in [0.717, 1.165) is 37.9 Å². The van der Waals surface area contributed by atoms with Crippen molar-refractivity contribution in [1.82, 2.24) is 9.97 Å². The Hall–Kier alpha value is -1.37. The SMILES string of the molecule is NC1CCCCC1Nc1nccc(C(F)(F)F)n1. The highest BCUT2D eigenvalue weighted by atomic mass is 19.4. The number of nitrogens with zero attached hydrogens (tertiary/aromatic N) is 2. The second-order valence-electron chi connectivity index (χ2n) is 4.46. The molecule has 2 unspecified atom stereocenters. The Kier molecular flexibility index (Phi) is 3.70. The maximum absolute atomic E-state index is 12.5. The number of aromatic nitrogens is 2. The van der Waals surface area contributed by atoms with Gasteiger partial charge in [-0.05, 0) is 18.9 Å². The van der Waals surface area contributed by atoms with Crippen LogP contribution in [0.5, 0.6) is 0 Å². The molecular formula is C11H15F3N4. The maximum Gasteiger partial charge on any atom is 0.433 e. The van der Waals surface area contributed by atoms with Gasteiger partial charge in [-0.15, -0.1) is 0 Å². The third kappa shape index (κ3) is 3.10. The standard InChI is InChI=1S/C11H15F3N4/c12-11(13,14)9-5-6-16-10(18-9)17-8-4-2-1-3-7(8)15/h5-8H,1-4,15H2,(H,16,17,18). The molecular weight excluding hydrogens is 245 g/mol. The van der Waals surface area contributed by atoms with Gasteiger partial charge in [-0.2, -0.15) is 13.2 Å². The third-order valence-electron chi connectivity index (χ3n) is 3.08. The van der Waals surface area contributed by atoms with Gasteiger partial charge in [0.15, 0.2) is 0 Å². The minimum Gasteiger partial charge on any atom is -0.350 e. The van der Waals surface area contributed by atoms with Crippen LogP contribution in [0.15, 0.2) is 12.3 Å². The van der Waals surface area contributed by atoms with Gasteiger partial charge in [-0.1, -0.05) is 12.8 Å². The number of hydrogen-bond donors (Lipinski definition) is 2. The quantitative estimate of drug-likeness (QED) is 0.855. The topological polar surface area (TPSA) is 63.8 Å². The highest BCUT2D eigenvalue weighted by molar-refractivity contribution is 5.28. The van der Waals surface area contributed by atoms with E-state index in [1.54, 1.807) is 0 Å². The molecule has 1 saturated carbocycles. The molecule has 0 aliphatic heterocycles. The Balaban J connectivity index is 2.09. The lowest BCUT2D eigenvalue weighted by Gasteiger charge is -2.29. The highest BCUT2D eigenvalue weighted by Gasteiger charge is 2.33. The fourth-order valence-electron chi connectivity index (χ4n) is 2.09. The van der Waals surface area contributed by atoms with Crippen molar-refractivity contribution >= 4 is 5.95 Å². The highest BCUT2D eigenvalue weighted by Crippen LogP contribution is 2.28. The molecule has 4 nitrogen and oxygen atoms in total. The van der Waals surface area contributed by atoms with E-state index in [2.05, 4.69) is 15.3 Å². The zero-order chi connectivity index (χ0) is 13.2. The normalized spacial score (nSPS) is 24.9. The summed E-state index contributed by atoms with van der Waals surface area (Å²) in [5.41, 5.74) is 4.97. The Bertz CT molecular complexity index is 408. The molecule has 0 aromatic carbocycles. The van der Waals surface area contributed by atoms with Crippen LogP contribution in [0, 0.1) is 0 Å². The van der Waals surface area contributed by atoms with Gasteiger partial charge in [0.25, 0.3) is 0 Å². The molecule has 0 spiro atoms. The van der Waals surface area contributed by atoms with E-state index in [0.29, 0.717) is 0 Å². The zero-order valence-corrected chi connectivity index (χ0v) is 9.74. The largest absolute Gasteiger partial charge is 0.433 e. The number of hydrogen-bond acceptors (Lipinski definition) is 4. The number of anilines is 1. The predicted molar refractivity (Wildman–Crippen MR) is 60.9 cm³/mol. The van der Waals surface area contributed by atoms with E-state index in [-0.39, 0.29) is 18.0 Å². The van der Waals surface area contributed by atoms with Crippen LogP contribution in [0.4, 0.5) is 19.1 Å². The number of halogens is 3. The van der Waals surface area contributed by atoms with Crippen LogP contribution in [-0.2, 0) is 6.18 Å². The molecule has 0 radical (unpaired) electrons. The van der Waals surface area contributed by atoms with Crippen molar-refractivity contribution in [1.29, 1.82) is 0 Å². The second kappa shape index (κ2) is 5.09. The molecule has 100 valence electrons. The average Bonchev–Trinajstić information content (AvgIpc) is 2.31. The molecule has 1 fully saturated rings. The molecule has 7 heteroatoms. The summed E-state index contributed by atoms with van der Waals surface area (Å²) in [5, 5.41) is 2.90. The smallest absolute Gasteiger partial charge is 0.350 e. The fourth-order valence-corrected chi connectivity index (χ4v) is 2.09. The molecule has 1 aromatic heterocycles. The molecule has 1 aliphatic rings. The number of nitrogens with one attached hydrogen (secondary N) is 1. The minimum atomic E-state index is -4.45. The van der Waals surface area contributed by atoms with Crippen molar-refractivity contribution in [2.45, 2.75) is 43.9 Å². The van der Waals surface area contributed by atoms with E-state index in [9.17, 15) is 13.2 Å². The maximum atomic E-state index is 12.5. The lowest BCUT2D eigenvalue weighted by Crippen LogP contribution is -2.43. The van der Waals surface area contributed by atoms with Crippen molar-refractivity contribution in [3.8, 4) is 0 Å². The summed E-state index contributed by atoms with van der Waals surface area (Å²) < 4.78 is 37.4. The summed E-state index contributed by atoms with van der Waals surface area (Å²) in [6, 6.07) is 0.741. The summed E-state index contributed by atoms with van der Waals surface area (Å²) in [4.78, 5) is 7.27. The van der Waals surface area contributed by atoms with Gasteiger partial charge in [0, 0.05) is 18.3 Å². The van der Waals surface area contributed by atoms with Gasteiger partial charge < -0.3 is 11.1 Å². The van der Waals surface area contributed by atoms with Crippen LogP contribution in [-0.4, -0.2) is 22.1 Å². The second-order valence-corrected chi connectivity index (χ2v) is 4.46. The molecule has 2 atom stereocenters. The molecule has 1 aromatic rings. The molecule has 0 bridgehead atoms. The zero-order valence-electron chi connectivity index (χ0n) is 9.74. The first-order valence-electron chi connectivity index (χ1n) is 5.89. The summed E-state index contributed by atoms with van der Waals surface area (Å²) in [6.07, 6.45) is 0.436. The summed E-state index contributed by atoms with van der Waals surface area (Å²) >= 11 is 0. The van der Waals surface area contributed by atoms with E-state index in [1.807, 2.05) is 0 Å². The van der Waals surface area contributed by atoms with Gasteiger partial charge in [0.05, 0.1) is 0 Å². The van der Waals surface area contributed by atoms with Crippen molar-refractivity contribution < 1.29 is 13.2 Å². The van der Waals surface area contributed by atoms with E-state index in [1.165, 1.54) is 0 Å². The van der Waals surface area contributed by atoms with E-state index in [4.69, 9.17) is 5.73 Å². The van der Waals surface area contributed by atoms with Crippen LogP contribution in [0.1, 0.15) is 31.4 Å². The lowest BCUT2D eigenvalue weighted by atomic mass is 9.91. The van der Waals surface area contributed by atoms with E-state index >= 15 is 0 Å². The Morgan fingerprint density at radius 1 is 1.28 bits per heavy atom. The lowest BCUT2D eigenvalue weighted by molar-refractivity contribution is -0.141. The van der Waals surface area contributed by atoms with Crippen LogP contribution < -0.4 is 11.1 Å². The molecule has 2 rings (SSSR count). The Labute approximate surface area is 103 Å². The minimum absolute atomic E-state index is 0.00725. The first-order valence-corrected chi connectivity index (χ1v) is 5.89.